The van der Waals surface area contributed by atoms with Crippen molar-refractivity contribution in [3.8, 4) is 11.6 Å². The lowest BCUT2D eigenvalue weighted by atomic mass is 10.3. The van der Waals surface area contributed by atoms with Crippen molar-refractivity contribution in [2.75, 3.05) is 0 Å². The molecule has 0 amide bonds. The number of aliphatic hydroxyl groups excluding tert-OH is 1. The average Bonchev–Trinajstić information content (AvgIpc) is 2.34. The summed E-state index contributed by atoms with van der Waals surface area (Å²) in [6.45, 7) is -0.213. The summed E-state index contributed by atoms with van der Waals surface area (Å²) < 4.78 is 30.8. The van der Waals surface area contributed by atoms with Crippen LogP contribution in [0.25, 0.3) is 0 Å². The number of pyridine rings is 1. The van der Waals surface area contributed by atoms with Crippen LogP contribution in [0.5, 0.6) is 11.6 Å². The fraction of sp³-hybridized carbons (Fsp3) is 0.0833. The Balaban J connectivity index is 2.22. The van der Waals surface area contributed by atoms with Gasteiger partial charge in [0, 0.05) is 12.1 Å². The number of hydrogen-bond acceptors (Lipinski definition) is 3. The molecule has 0 fully saturated rings. The molecule has 17 heavy (non-hydrogen) atoms. The molecule has 0 spiro atoms. The SMILES string of the molecule is OCc1cccc(Oc2ccc(F)c(F)c2)n1. The highest BCUT2D eigenvalue weighted by atomic mass is 19.2. The molecule has 0 saturated carbocycles. The number of rotatable bonds is 3. The lowest BCUT2D eigenvalue weighted by Crippen LogP contribution is -1.93. The molecule has 0 aliphatic rings. The number of benzene rings is 1. The van der Waals surface area contributed by atoms with Crippen molar-refractivity contribution < 1.29 is 18.6 Å². The highest BCUT2D eigenvalue weighted by molar-refractivity contribution is 5.28. The first-order valence-electron chi connectivity index (χ1n) is 4.89. The predicted molar refractivity (Wildman–Crippen MR) is 56.6 cm³/mol. The van der Waals surface area contributed by atoms with E-state index < -0.39 is 11.6 Å². The van der Waals surface area contributed by atoms with E-state index in [4.69, 9.17) is 9.84 Å². The zero-order valence-corrected chi connectivity index (χ0v) is 8.73. The van der Waals surface area contributed by atoms with E-state index in [1.165, 1.54) is 6.07 Å². The first-order chi connectivity index (χ1) is 8.19. The highest BCUT2D eigenvalue weighted by Crippen LogP contribution is 2.21. The molecule has 0 aliphatic heterocycles. The average molecular weight is 237 g/mol. The van der Waals surface area contributed by atoms with E-state index >= 15 is 0 Å². The Morgan fingerprint density at radius 1 is 1.12 bits per heavy atom. The van der Waals surface area contributed by atoms with Gasteiger partial charge >= 0.3 is 0 Å². The smallest absolute Gasteiger partial charge is 0.219 e. The molecule has 0 atom stereocenters. The molecule has 88 valence electrons. The molecule has 0 bridgehead atoms. The lowest BCUT2D eigenvalue weighted by Gasteiger charge is -2.05. The molecule has 0 unspecified atom stereocenters. The van der Waals surface area contributed by atoms with Crippen molar-refractivity contribution >= 4 is 0 Å². The molecule has 2 aromatic rings. The standard InChI is InChI=1S/C12H9F2NO2/c13-10-5-4-9(6-11(10)14)17-12-3-1-2-8(7-16)15-12/h1-6,16H,7H2. The van der Waals surface area contributed by atoms with Crippen molar-refractivity contribution in [2.45, 2.75) is 6.61 Å². The Labute approximate surface area is 96.3 Å². The van der Waals surface area contributed by atoms with Crippen LogP contribution in [-0.4, -0.2) is 10.1 Å². The van der Waals surface area contributed by atoms with Crippen LogP contribution in [0.2, 0.25) is 0 Å². The van der Waals surface area contributed by atoms with Gasteiger partial charge in [0.25, 0.3) is 0 Å². The number of nitrogens with zero attached hydrogens (tertiary/aromatic N) is 1. The predicted octanol–water partition coefficient (Wildman–Crippen LogP) is 2.64. The summed E-state index contributed by atoms with van der Waals surface area (Å²) in [5, 5.41) is 8.88. The van der Waals surface area contributed by atoms with Gasteiger partial charge in [-0.25, -0.2) is 13.8 Å². The Morgan fingerprint density at radius 3 is 2.65 bits per heavy atom. The molecular weight excluding hydrogens is 228 g/mol. The van der Waals surface area contributed by atoms with E-state index in [0.29, 0.717) is 5.69 Å². The van der Waals surface area contributed by atoms with Crippen LogP contribution >= 0.6 is 0 Å². The maximum Gasteiger partial charge on any atom is 0.219 e. The second kappa shape index (κ2) is 4.88. The molecule has 0 saturated heterocycles. The van der Waals surface area contributed by atoms with Crippen molar-refractivity contribution in [3.05, 3.63) is 53.7 Å². The highest BCUT2D eigenvalue weighted by Gasteiger charge is 2.05. The molecular formula is C12H9F2NO2. The Morgan fingerprint density at radius 2 is 1.94 bits per heavy atom. The third kappa shape index (κ3) is 2.76. The molecule has 0 radical (unpaired) electrons. The second-order valence-electron chi connectivity index (χ2n) is 3.30. The summed E-state index contributed by atoms with van der Waals surface area (Å²) in [6.07, 6.45) is 0. The van der Waals surface area contributed by atoms with E-state index in [9.17, 15) is 8.78 Å². The first-order valence-corrected chi connectivity index (χ1v) is 4.89. The molecule has 1 aromatic heterocycles. The quantitative estimate of drug-likeness (QED) is 0.892. The summed E-state index contributed by atoms with van der Waals surface area (Å²) in [5.41, 5.74) is 0.435. The molecule has 0 aliphatic carbocycles. The Bertz CT molecular complexity index is 532. The Kier molecular flexibility index (Phi) is 3.30. The van der Waals surface area contributed by atoms with Gasteiger partial charge in [0.1, 0.15) is 5.75 Å². The zero-order valence-electron chi connectivity index (χ0n) is 8.73. The van der Waals surface area contributed by atoms with E-state index in [-0.39, 0.29) is 18.2 Å². The first kappa shape index (κ1) is 11.5. The summed E-state index contributed by atoms with van der Waals surface area (Å²) >= 11 is 0. The monoisotopic (exact) mass is 237 g/mol. The van der Waals surface area contributed by atoms with Crippen molar-refractivity contribution in [1.82, 2.24) is 4.98 Å². The van der Waals surface area contributed by atoms with Crippen LogP contribution in [-0.2, 0) is 6.61 Å². The van der Waals surface area contributed by atoms with Crippen molar-refractivity contribution in [1.29, 1.82) is 0 Å². The maximum absolute atomic E-state index is 12.9. The minimum absolute atomic E-state index is 0.145. The van der Waals surface area contributed by atoms with Crippen molar-refractivity contribution in [3.63, 3.8) is 0 Å². The Hall–Kier alpha value is -2.01. The lowest BCUT2D eigenvalue weighted by molar-refractivity contribution is 0.275. The number of halogens is 2. The number of aliphatic hydroxyl groups is 1. The van der Waals surface area contributed by atoms with Gasteiger partial charge in [0.2, 0.25) is 5.88 Å². The van der Waals surface area contributed by atoms with Gasteiger partial charge in [0.15, 0.2) is 11.6 Å². The van der Waals surface area contributed by atoms with Crippen LogP contribution in [0.15, 0.2) is 36.4 Å². The van der Waals surface area contributed by atoms with E-state index in [1.54, 1.807) is 18.2 Å². The summed E-state index contributed by atoms with van der Waals surface area (Å²) in [7, 11) is 0. The van der Waals surface area contributed by atoms with Gasteiger partial charge < -0.3 is 9.84 Å². The van der Waals surface area contributed by atoms with Gasteiger partial charge in [-0.05, 0) is 18.2 Å². The minimum Gasteiger partial charge on any atom is -0.439 e. The summed E-state index contributed by atoms with van der Waals surface area (Å²) in [5.74, 6) is -1.57. The summed E-state index contributed by atoms with van der Waals surface area (Å²) in [6, 6.07) is 8.03. The fourth-order valence-electron chi connectivity index (χ4n) is 1.26. The minimum atomic E-state index is -0.985. The maximum atomic E-state index is 12.9. The third-order valence-electron chi connectivity index (χ3n) is 2.06. The van der Waals surface area contributed by atoms with Crippen LogP contribution in [0, 0.1) is 11.6 Å². The van der Waals surface area contributed by atoms with Crippen LogP contribution < -0.4 is 4.74 Å². The third-order valence-corrected chi connectivity index (χ3v) is 2.06. The van der Waals surface area contributed by atoms with Gasteiger partial charge in [-0.1, -0.05) is 6.07 Å². The van der Waals surface area contributed by atoms with E-state index in [0.717, 1.165) is 12.1 Å². The van der Waals surface area contributed by atoms with E-state index in [2.05, 4.69) is 4.98 Å². The number of aromatic nitrogens is 1. The molecule has 1 heterocycles. The molecule has 5 heteroatoms. The van der Waals surface area contributed by atoms with Gasteiger partial charge in [-0.15, -0.1) is 0 Å². The normalized spacial score (nSPS) is 10.3. The zero-order chi connectivity index (χ0) is 12.3. The van der Waals surface area contributed by atoms with Crippen LogP contribution in [0.4, 0.5) is 8.78 Å². The molecule has 1 aromatic carbocycles. The molecule has 1 N–H and O–H groups in total. The number of ether oxygens (including phenoxy) is 1. The van der Waals surface area contributed by atoms with Crippen molar-refractivity contribution in [2.24, 2.45) is 0 Å². The topological polar surface area (TPSA) is 42.4 Å². The van der Waals surface area contributed by atoms with Gasteiger partial charge in [0.05, 0.1) is 12.3 Å². The largest absolute Gasteiger partial charge is 0.439 e. The van der Waals surface area contributed by atoms with E-state index in [1.807, 2.05) is 0 Å². The molecule has 2 rings (SSSR count). The van der Waals surface area contributed by atoms with Crippen LogP contribution in [0.1, 0.15) is 5.69 Å². The number of hydrogen-bond donors (Lipinski definition) is 1. The fourth-order valence-corrected chi connectivity index (χ4v) is 1.26. The molecule has 3 nitrogen and oxygen atoms in total. The van der Waals surface area contributed by atoms with Crippen LogP contribution in [0.3, 0.4) is 0 Å². The summed E-state index contributed by atoms with van der Waals surface area (Å²) in [4.78, 5) is 3.95. The van der Waals surface area contributed by atoms with Gasteiger partial charge in [-0.3, -0.25) is 0 Å². The second-order valence-corrected chi connectivity index (χ2v) is 3.30. The van der Waals surface area contributed by atoms with Gasteiger partial charge in [-0.2, -0.15) is 0 Å².